The summed E-state index contributed by atoms with van der Waals surface area (Å²) in [6.45, 7) is 2.55. The van der Waals surface area contributed by atoms with Crippen molar-refractivity contribution >= 4 is 38.8 Å². The maximum absolute atomic E-state index is 12.4. The maximum atomic E-state index is 12.4. The predicted molar refractivity (Wildman–Crippen MR) is 78.7 cm³/mol. The van der Waals surface area contributed by atoms with E-state index in [0.717, 1.165) is 6.26 Å². The van der Waals surface area contributed by atoms with Crippen molar-refractivity contribution in [2.45, 2.75) is 24.5 Å². The van der Waals surface area contributed by atoms with E-state index in [9.17, 15) is 18.5 Å². The summed E-state index contributed by atoms with van der Waals surface area (Å²) in [4.78, 5) is 12.4. The number of carbonyl (C=O) groups excluding carboxylic acids is 1. The van der Waals surface area contributed by atoms with Crippen molar-refractivity contribution < 1.29 is 13.2 Å². The second-order valence-corrected chi connectivity index (χ2v) is 8.28. The van der Waals surface area contributed by atoms with Crippen LogP contribution in [0.3, 0.4) is 0 Å². The maximum Gasteiger partial charge on any atom is 0.175 e. The molecule has 1 atom stereocenters. The van der Waals surface area contributed by atoms with Crippen LogP contribution in [0.2, 0.25) is 10.0 Å². The molecule has 1 aromatic rings. The third-order valence-electron chi connectivity index (χ3n) is 3.19. The molecule has 1 aromatic carbocycles. The van der Waals surface area contributed by atoms with E-state index in [1.807, 2.05) is 6.07 Å². The number of nitriles is 1. The Morgan fingerprint density at radius 2 is 1.90 bits per heavy atom. The van der Waals surface area contributed by atoms with Gasteiger partial charge in [0.25, 0.3) is 0 Å². The minimum Gasteiger partial charge on any atom is -0.296 e. The molecule has 0 heterocycles. The topological polar surface area (TPSA) is 75.0 Å². The first-order valence-electron chi connectivity index (χ1n) is 5.61. The van der Waals surface area contributed by atoms with Crippen molar-refractivity contribution in [1.29, 1.82) is 5.26 Å². The van der Waals surface area contributed by atoms with E-state index in [4.69, 9.17) is 23.2 Å². The Kier molecular flexibility index (Phi) is 4.86. The SMILES string of the molecule is CC(C)(C(=O)C(C#N)c1ccc(Cl)cc1Cl)S(C)(=O)=O. The number of rotatable bonds is 4. The van der Waals surface area contributed by atoms with Crippen LogP contribution in [0, 0.1) is 11.3 Å². The van der Waals surface area contributed by atoms with Gasteiger partial charge in [0.15, 0.2) is 15.6 Å². The molecule has 0 aliphatic heterocycles. The molecule has 0 radical (unpaired) electrons. The highest BCUT2D eigenvalue weighted by Gasteiger charge is 2.43. The molecule has 1 unspecified atom stereocenters. The minimum absolute atomic E-state index is 0.154. The van der Waals surface area contributed by atoms with Gasteiger partial charge >= 0.3 is 0 Å². The molecular weight excluding hydrogens is 321 g/mol. The molecule has 20 heavy (non-hydrogen) atoms. The molecule has 0 aromatic heterocycles. The molecule has 0 amide bonds. The molecule has 0 N–H and O–H groups in total. The Morgan fingerprint density at radius 3 is 2.30 bits per heavy atom. The Balaban J connectivity index is 3.35. The fourth-order valence-corrected chi connectivity index (χ4v) is 2.54. The number of hydrogen-bond donors (Lipinski definition) is 0. The van der Waals surface area contributed by atoms with E-state index >= 15 is 0 Å². The number of sulfone groups is 1. The zero-order valence-electron chi connectivity index (χ0n) is 11.1. The Labute approximate surface area is 128 Å². The summed E-state index contributed by atoms with van der Waals surface area (Å²) in [6.07, 6.45) is 0.961. The van der Waals surface area contributed by atoms with Gasteiger partial charge in [-0.2, -0.15) is 5.26 Å². The zero-order chi connectivity index (χ0) is 15.7. The highest BCUT2D eigenvalue weighted by atomic mass is 35.5. The monoisotopic (exact) mass is 333 g/mol. The van der Waals surface area contributed by atoms with Gasteiger partial charge in [-0.15, -0.1) is 0 Å². The van der Waals surface area contributed by atoms with Gasteiger partial charge in [-0.3, -0.25) is 4.79 Å². The van der Waals surface area contributed by atoms with Crippen LogP contribution in [0.25, 0.3) is 0 Å². The summed E-state index contributed by atoms with van der Waals surface area (Å²) in [6, 6.07) is 6.17. The molecule has 1 rings (SSSR count). The van der Waals surface area contributed by atoms with E-state index in [1.165, 1.54) is 32.0 Å². The van der Waals surface area contributed by atoms with Gasteiger partial charge in [0.1, 0.15) is 10.7 Å². The fourth-order valence-electron chi connectivity index (χ4n) is 1.54. The second kappa shape index (κ2) is 5.72. The summed E-state index contributed by atoms with van der Waals surface area (Å²) in [5.74, 6) is -1.98. The number of Topliss-reactive ketones (excluding diaryl/α,β-unsaturated/α-hetero) is 1. The van der Waals surface area contributed by atoms with Crippen LogP contribution in [0.1, 0.15) is 25.3 Å². The highest BCUT2D eigenvalue weighted by molar-refractivity contribution is 7.92. The quantitative estimate of drug-likeness (QED) is 0.848. The van der Waals surface area contributed by atoms with E-state index in [0.29, 0.717) is 5.02 Å². The van der Waals surface area contributed by atoms with Gasteiger partial charge in [-0.05, 0) is 31.5 Å². The summed E-state index contributed by atoms with van der Waals surface area (Å²) in [5.41, 5.74) is 0.250. The van der Waals surface area contributed by atoms with Gasteiger partial charge in [-0.1, -0.05) is 29.3 Å². The van der Waals surface area contributed by atoms with E-state index in [1.54, 1.807) is 0 Å². The summed E-state index contributed by atoms with van der Waals surface area (Å²) < 4.78 is 21.7. The third-order valence-corrected chi connectivity index (χ3v) is 5.80. The van der Waals surface area contributed by atoms with E-state index in [-0.39, 0.29) is 10.6 Å². The number of benzene rings is 1. The molecule has 0 spiro atoms. The molecule has 4 nitrogen and oxygen atoms in total. The molecule has 0 aliphatic carbocycles. The van der Waals surface area contributed by atoms with E-state index < -0.39 is 26.3 Å². The molecule has 0 fully saturated rings. The van der Waals surface area contributed by atoms with Crippen molar-refractivity contribution in [2.75, 3.05) is 6.26 Å². The largest absolute Gasteiger partial charge is 0.296 e. The van der Waals surface area contributed by atoms with Crippen LogP contribution < -0.4 is 0 Å². The lowest BCUT2D eigenvalue weighted by molar-refractivity contribution is -0.121. The first kappa shape index (κ1) is 17.0. The standard InChI is InChI=1S/C13H13Cl2NO3S/c1-13(2,20(3,18)19)12(17)10(7-16)9-5-4-8(14)6-11(9)15/h4-6,10H,1-3H3. The smallest absolute Gasteiger partial charge is 0.175 e. The van der Waals surface area contributed by atoms with Crippen molar-refractivity contribution in [3.05, 3.63) is 33.8 Å². The first-order valence-corrected chi connectivity index (χ1v) is 8.25. The van der Waals surface area contributed by atoms with Crippen molar-refractivity contribution in [3.63, 3.8) is 0 Å². The van der Waals surface area contributed by atoms with Crippen LogP contribution >= 0.6 is 23.2 Å². The Bertz CT molecular complexity index is 690. The average molecular weight is 334 g/mol. The molecule has 0 saturated carbocycles. The predicted octanol–water partition coefficient (Wildman–Crippen LogP) is 2.99. The number of nitrogens with zero attached hydrogens (tertiary/aromatic N) is 1. The molecule has 0 bridgehead atoms. The van der Waals surface area contributed by atoms with Crippen LogP contribution in [-0.2, 0) is 14.6 Å². The van der Waals surface area contributed by atoms with Gasteiger partial charge in [0.2, 0.25) is 0 Å². The second-order valence-electron chi connectivity index (χ2n) is 4.87. The zero-order valence-corrected chi connectivity index (χ0v) is 13.5. The van der Waals surface area contributed by atoms with Gasteiger partial charge < -0.3 is 0 Å². The first-order chi connectivity index (χ1) is 9.02. The Morgan fingerprint density at radius 1 is 1.35 bits per heavy atom. The lowest BCUT2D eigenvalue weighted by atomic mass is 9.89. The van der Waals surface area contributed by atoms with Crippen LogP contribution in [-0.4, -0.2) is 25.2 Å². The molecule has 0 saturated heterocycles. The molecule has 7 heteroatoms. The highest BCUT2D eigenvalue weighted by Crippen LogP contribution is 2.32. The summed E-state index contributed by atoms with van der Waals surface area (Å²) in [7, 11) is -3.66. The van der Waals surface area contributed by atoms with Gasteiger partial charge in [0.05, 0.1) is 6.07 Å². The third kappa shape index (κ3) is 3.14. The number of carbonyl (C=O) groups is 1. The van der Waals surface area contributed by atoms with Crippen LogP contribution in [0.5, 0.6) is 0 Å². The number of hydrogen-bond acceptors (Lipinski definition) is 4. The van der Waals surface area contributed by atoms with Crippen LogP contribution in [0.15, 0.2) is 18.2 Å². The normalized spacial score (nSPS) is 13.6. The lowest BCUT2D eigenvalue weighted by Crippen LogP contribution is -2.42. The minimum atomic E-state index is -3.66. The fraction of sp³-hybridized carbons (Fsp3) is 0.385. The summed E-state index contributed by atoms with van der Waals surface area (Å²) in [5, 5.41) is 9.74. The number of ketones is 1. The molecular formula is C13H13Cl2NO3S. The lowest BCUT2D eigenvalue weighted by Gasteiger charge is -2.24. The van der Waals surface area contributed by atoms with Crippen molar-refractivity contribution in [1.82, 2.24) is 0 Å². The van der Waals surface area contributed by atoms with Gasteiger partial charge in [0, 0.05) is 16.3 Å². The van der Waals surface area contributed by atoms with Crippen molar-refractivity contribution in [3.8, 4) is 6.07 Å². The van der Waals surface area contributed by atoms with Crippen molar-refractivity contribution in [2.24, 2.45) is 0 Å². The average Bonchev–Trinajstić information content (AvgIpc) is 2.30. The van der Waals surface area contributed by atoms with Gasteiger partial charge in [-0.25, -0.2) is 8.42 Å². The van der Waals surface area contributed by atoms with Crippen LogP contribution in [0.4, 0.5) is 0 Å². The summed E-state index contributed by atoms with van der Waals surface area (Å²) >= 11 is 11.7. The molecule has 108 valence electrons. The van der Waals surface area contributed by atoms with E-state index in [2.05, 4.69) is 0 Å². The number of halogens is 2. The molecule has 0 aliphatic rings. The Hall–Kier alpha value is -1.09.